The third-order valence-electron chi connectivity index (χ3n) is 2.47. The predicted molar refractivity (Wildman–Crippen MR) is 41.1 cm³/mol. The van der Waals surface area contributed by atoms with E-state index in [4.69, 9.17) is 9.47 Å². The summed E-state index contributed by atoms with van der Waals surface area (Å²) in [5.41, 5.74) is 0. The normalized spacial score (nSPS) is 45.8. The smallest absolute Gasteiger partial charge is 0.183 e. The van der Waals surface area contributed by atoms with Crippen molar-refractivity contribution >= 4 is 0 Å². The quantitative estimate of drug-likeness (QED) is 0.611. The van der Waals surface area contributed by atoms with Crippen molar-refractivity contribution in [2.75, 3.05) is 13.7 Å². The average molecular weight is 160 g/mol. The first kappa shape index (κ1) is 8.97. The van der Waals surface area contributed by atoms with E-state index < -0.39 is 12.4 Å². The van der Waals surface area contributed by atoms with E-state index in [1.165, 1.54) is 0 Å². The molecule has 1 unspecified atom stereocenters. The minimum Gasteiger partial charge on any atom is -0.388 e. The van der Waals surface area contributed by atoms with Gasteiger partial charge >= 0.3 is 0 Å². The molecule has 3 nitrogen and oxygen atoms in total. The first-order valence-corrected chi connectivity index (χ1v) is 3.99. The average Bonchev–Trinajstić information content (AvgIpc) is 2.01. The Morgan fingerprint density at radius 3 is 2.64 bits per heavy atom. The molecule has 1 fully saturated rings. The van der Waals surface area contributed by atoms with Gasteiger partial charge in [0, 0.05) is 7.11 Å². The van der Waals surface area contributed by atoms with E-state index in [0.29, 0.717) is 12.5 Å². The van der Waals surface area contributed by atoms with E-state index >= 15 is 0 Å². The maximum Gasteiger partial charge on any atom is 0.183 e. The predicted octanol–water partition coefficient (Wildman–Crippen LogP) is 0.622. The summed E-state index contributed by atoms with van der Waals surface area (Å²) < 4.78 is 10.2. The van der Waals surface area contributed by atoms with Crippen molar-refractivity contribution in [3.05, 3.63) is 0 Å². The highest BCUT2D eigenvalue weighted by atomic mass is 16.7. The molecular formula is C8H16O3. The second-order valence-electron chi connectivity index (χ2n) is 3.26. The number of methoxy groups -OCH3 is 1. The molecule has 1 aliphatic rings. The summed E-state index contributed by atoms with van der Waals surface area (Å²) >= 11 is 0. The van der Waals surface area contributed by atoms with E-state index in [0.717, 1.165) is 0 Å². The number of aliphatic hydroxyl groups excluding tert-OH is 1. The van der Waals surface area contributed by atoms with Gasteiger partial charge in [-0.05, 0) is 11.8 Å². The standard InChI is InChI=1S/C8H16O3/c1-5-4-11-8(10-3)7(9)6(5)2/h5-9H,4H2,1-3H3/t5-,6?,7-,8+/m1/s1. The molecule has 1 N–H and O–H groups in total. The van der Waals surface area contributed by atoms with Gasteiger partial charge in [0.2, 0.25) is 0 Å². The molecule has 0 spiro atoms. The van der Waals surface area contributed by atoms with Gasteiger partial charge in [-0.25, -0.2) is 0 Å². The maximum atomic E-state index is 9.56. The molecule has 0 saturated carbocycles. The Labute approximate surface area is 67.3 Å². The van der Waals surface area contributed by atoms with Crippen LogP contribution in [0.4, 0.5) is 0 Å². The highest BCUT2D eigenvalue weighted by Crippen LogP contribution is 2.25. The molecule has 1 aliphatic heterocycles. The Morgan fingerprint density at radius 2 is 2.09 bits per heavy atom. The third-order valence-corrected chi connectivity index (χ3v) is 2.47. The summed E-state index contributed by atoms with van der Waals surface area (Å²) in [6.07, 6.45) is -0.912. The minimum atomic E-state index is -0.483. The lowest BCUT2D eigenvalue weighted by Gasteiger charge is -2.36. The maximum absolute atomic E-state index is 9.56. The summed E-state index contributed by atoms with van der Waals surface area (Å²) in [4.78, 5) is 0. The second-order valence-corrected chi connectivity index (χ2v) is 3.26. The monoisotopic (exact) mass is 160 g/mol. The highest BCUT2D eigenvalue weighted by Gasteiger charge is 2.34. The van der Waals surface area contributed by atoms with Crippen LogP contribution in [0, 0.1) is 11.8 Å². The van der Waals surface area contributed by atoms with Crippen molar-refractivity contribution in [3.63, 3.8) is 0 Å². The van der Waals surface area contributed by atoms with E-state index in [2.05, 4.69) is 6.92 Å². The topological polar surface area (TPSA) is 38.7 Å². The molecule has 0 aromatic heterocycles. The van der Waals surface area contributed by atoms with E-state index in [1.54, 1.807) is 7.11 Å². The zero-order chi connectivity index (χ0) is 8.43. The van der Waals surface area contributed by atoms with Gasteiger partial charge < -0.3 is 14.6 Å². The Kier molecular flexibility index (Phi) is 2.87. The van der Waals surface area contributed by atoms with Crippen molar-refractivity contribution in [1.82, 2.24) is 0 Å². The van der Waals surface area contributed by atoms with Crippen LogP contribution < -0.4 is 0 Å². The molecule has 0 bridgehead atoms. The Bertz CT molecular complexity index is 125. The van der Waals surface area contributed by atoms with Gasteiger partial charge in [0.1, 0.15) is 6.10 Å². The molecule has 0 aliphatic carbocycles. The summed E-state index contributed by atoms with van der Waals surface area (Å²) in [5.74, 6) is 0.671. The van der Waals surface area contributed by atoms with Crippen molar-refractivity contribution in [3.8, 4) is 0 Å². The molecular weight excluding hydrogens is 144 g/mol. The van der Waals surface area contributed by atoms with E-state index in [-0.39, 0.29) is 5.92 Å². The number of ether oxygens (including phenoxy) is 2. The fourth-order valence-corrected chi connectivity index (χ4v) is 1.29. The zero-order valence-corrected chi connectivity index (χ0v) is 7.28. The first-order valence-electron chi connectivity index (χ1n) is 3.99. The number of hydrogen-bond acceptors (Lipinski definition) is 3. The van der Waals surface area contributed by atoms with Gasteiger partial charge in [-0.15, -0.1) is 0 Å². The van der Waals surface area contributed by atoms with Crippen molar-refractivity contribution in [2.24, 2.45) is 11.8 Å². The van der Waals surface area contributed by atoms with Crippen molar-refractivity contribution in [1.29, 1.82) is 0 Å². The Hall–Kier alpha value is -0.120. The van der Waals surface area contributed by atoms with Crippen LogP contribution in [0.25, 0.3) is 0 Å². The number of hydrogen-bond donors (Lipinski definition) is 1. The lowest BCUT2D eigenvalue weighted by atomic mass is 9.89. The molecule has 4 atom stereocenters. The molecule has 0 aromatic rings. The first-order chi connectivity index (χ1) is 5.16. The summed E-state index contributed by atoms with van der Waals surface area (Å²) in [5, 5.41) is 9.56. The minimum absolute atomic E-state index is 0.258. The molecule has 1 rings (SSSR count). The molecule has 0 aromatic carbocycles. The van der Waals surface area contributed by atoms with Crippen LogP contribution in [0.15, 0.2) is 0 Å². The van der Waals surface area contributed by atoms with Crippen LogP contribution in [-0.4, -0.2) is 31.2 Å². The van der Waals surface area contributed by atoms with Crippen molar-refractivity contribution < 1.29 is 14.6 Å². The lowest BCUT2D eigenvalue weighted by Crippen LogP contribution is -2.45. The number of rotatable bonds is 1. The van der Waals surface area contributed by atoms with E-state index in [1.807, 2.05) is 6.92 Å². The van der Waals surface area contributed by atoms with Gasteiger partial charge in [0.25, 0.3) is 0 Å². The van der Waals surface area contributed by atoms with Gasteiger partial charge in [-0.2, -0.15) is 0 Å². The van der Waals surface area contributed by atoms with Gasteiger partial charge in [-0.1, -0.05) is 13.8 Å². The molecule has 11 heavy (non-hydrogen) atoms. The second kappa shape index (κ2) is 3.52. The van der Waals surface area contributed by atoms with Gasteiger partial charge in [0.05, 0.1) is 6.61 Å². The largest absolute Gasteiger partial charge is 0.388 e. The molecule has 1 saturated heterocycles. The lowest BCUT2D eigenvalue weighted by molar-refractivity contribution is -0.231. The SMILES string of the molecule is CO[C@H]1OC[C@@H](C)C(C)[C@H]1O. The Balaban J connectivity index is 2.52. The van der Waals surface area contributed by atoms with E-state index in [9.17, 15) is 5.11 Å². The number of aliphatic hydroxyl groups is 1. The molecule has 66 valence electrons. The van der Waals surface area contributed by atoms with Crippen LogP contribution in [-0.2, 0) is 9.47 Å². The zero-order valence-electron chi connectivity index (χ0n) is 7.28. The molecule has 3 heteroatoms. The summed E-state index contributed by atoms with van der Waals surface area (Å²) in [7, 11) is 1.55. The summed E-state index contributed by atoms with van der Waals surface area (Å²) in [6.45, 7) is 4.76. The fourth-order valence-electron chi connectivity index (χ4n) is 1.29. The van der Waals surface area contributed by atoms with Crippen LogP contribution in [0.5, 0.6) is 0 Å². The van der Waals surface area contributed by atoms with Crippen LogP contribution >= 0.6 is 0 Å². The molecule has 0 amide bonds. The van der Waals surface area contributed by atoms with Crippen LogP contribution in [0.2, 0.25) is 0 Å². The molecule has 0 radical (unpaired) electrons. The Morgan fingerprint density at radius 1 is 1.45 bits per heavy atom. The van der Waals surface area contributed by atoms with Crippen LogP contribution in [0.1, 0.15) is 13.8 Å². The van der Waals surface area contributed by atoms with Crippen LogP contribution in [0.3, 0.4) is 0 Å². The fraction of sp³-hybridized carbons (Fsp3) is 1.00. The summed E-state index contributed by atoms with van der Waals surface area (Å²) in [6, 6.07) is 0. The van der Waals surface area contributed by atoms with Gasteiger partial charge in [-0.3, -0.25) is 0 Å². The van der Waals surface area contributed by atoms with Gasteiger partial charge in [0.15, 0.2) is 6.29 Å². The molecule has 1 heterocycles. The van der Waals surface area contributed by atoms with Crippen molar-refractivity contribution in [2.45, 2.75) is 26.2 Å². The third kappa shape index (κ3) is 1.72. The highest BCUT2D eigenvalue weighted by molar-refractivity contribution is 4.77.